The second kappa shape index (κ2) is 9.05. The van der Waals surface area contributed by atoms with Crippen molar-refractivity contribution in [1.82, 2.24) is 5.16 Å². The first-order valence-corrected chi connectivity index (χ1v) is 9.08. The fourth-order valence-corrected chi connectivity index (χ4v) is 2.83. The van der Waals surface area contributed by atoms with Gasteiger partial charge in [0.15, 0.2) is 0 Å². The number of esters is 1. The standard InChI is InChI=1S/C22H22N2O5/c1-14-19(15(2)29-24-14)13-28-17-10-8-16(9-11-17)12-21(25)23-20-7-5-4-6-18(20)22(26)27-3/h4-11H,12-13H2,1-3H3,(H,23,25). The van der Waals surface area contributed by atoms with Crippen LogP contribution in [0.3, 0.4) is 0 Å². The van der Waals surface area contributed by atoms with E-state index in [1.165, 1.54) is 7.11 Å². The number of benzene rings is 2. The van der Waals surface area contributed by atoms with Crippen molar-refractivity contribution in [1.29, 1.82) is 0 Å². The van der Waals surface area contributed by atoms with Crippen LogP contribution in [0, 0.1) is 13.8 Å². The van der Waals surface area contributed by atoms with E-state index in [2.05, 4.69) is 10.5 Å². The average molecular weight is 394 g/mol. The fourth-order valence-electron chi connectivity index (χ4n) is 2.83. The van der Waals surface area contributed by atoms with Crippen molar-refractivity contribution < 1.29 is 23.6 Å². The lowest BCUT2D eigenvalue weighted by Gasteiger charge is -2.10. The Kier molecular flexibility index (Phi) is 6.29. The van der Waals surface area contributed by atoms with E-state index in [4.69, 9.17) is 14.0 Å². The lowest BCUT2D eigenvalue weighted by molar-refractivity contribution is -0.115. The van der Waals surface area contributed by atoms with E-state index >= 15 is 0 Å². The van der Waals surface area contributed by atoms with E-state index < -0.39 is 5.97 Å². The van der Waals surface area contributed by atoms with Crippen LogP contribution in [0.2, 0.25) is 0 Å². The van der Waals surface area contributed by atoms with Gasteiger partial charge in [0, 0.05) is 0 Å². The summed E-state index contributed by atoms with van der Waals surface area (Å²) in [6, 6.07) is 14.0. The summed E-state index contributed by atoms with van der Waals surface area (Å²) in [5.41, 5.74) is 3.29. The molecule has 0 saturated heterocycles. The molecule has 2 aromatic carbocycles. The van der Waals surface area contributed by atoms with Crippen LogP contribution in [0.4, 0.5) is 5.69 Å². The van der Waals surface area contributed by atoms with Crippen LogP contribution in [0.25, 0.3) is 0 Å². The van der Waals surface area contributed by atoms with E-state index in [0.717, 1.165) is 22.6 Å². The molecular formula is C22H22N2O5. The molecule has 1 heterocycles. The van der Waals surface area contributed by atoms with E-state index in [-0.39, 0.29) is 12.3 Å². The number of methoxy groups -OCH3 is 1. The molecule has 1 aromatic heterocycles. The molecule has 0 atom stereocenters. The third-order valence-corrected chi connectivity index (χ3v) is 4.46. The summed E-state index contributed by atoms with van der Waals surface area (Å²) in [5, 5.41) is 6.66. The van der Waals surface area contributed by atoms with Gasteiger partial charge >= 0.3 is 5.97 Å². The molecule has 0 aliphatic carbocycles. The first-order chi connectivity index (χ1) is 14.0. The van der Waals surface area contributed by atoms with Crippen LogP contribution in [0.15, 0.2) is 53.1 Å². The first-order valence-electron chi connectivity index (χ1n) is 9.08. The molecule has 7 nitrogen and oxygen atoms in total. The summed E-state index contributed by atoms with van der Waals surface area (Å²) in [5.74, 6) is 0.694. The van der Waals surface area contributed by atoms with Crippen molar-refractivity contribution in [2.45, 2.75) is 26.9 Å². The van der Waals surface area contributed by atoms with Gasteiger partial charge in [-0.05, 0) is 43.7 Å². The Hall–Kier alpha value is -3.61. The number of nitrogens with one attached hydrogen (secondary N) is 1. The van der Waals surface area contributed by atoms with Crippen molar-refractivity contribution in [3.8, 4) is 5.75 Å². The predicted molar refractivity (Wildman–Crippen MR) is 107 cm³/mol. The maximum absolute atomic E-state index is 12.4. The fraction of sp³-hybridized carbons (Fsp3) is 0.227. The first kappa shape index (κ1) is 20.1. The molecule has 0 bridgehead atoms. The largest absolute Gasteiger partial charge is 0.489 e. The number of carbonyl (C=O) groups is 2. The van der Waals surface area contributed by atoms with Gasteiger partial charge in [0.2, 0.25) is 5.91 Å². The maximum atomic E-state index is 12.4. The average Bonchev–Trinajstić information content (AvgIpc) is 3.05. The molecule has 1 amide bonds. The summed E-state index contributed by atoms with van der Waals surface area (Å²) in [6.45, 7) is 4.08. The molecule has 3 rings (SSSR count). The monoisotopic (exact) mass is 394 g/mol. The van der Waals surface area contributed by atoms with E-state index in [9.17, 15) is 9.59 Å². The Morgan fingerprint density at radius 2 is 1.79 bits per heavy atom. The minimum atomic E-state index is -0.499. The molecule has 0 saturated carbocycles. The number of aromatic nitrogens is 1. The second-order valence-electron chi connectivity index (χ2n) is 6.50. The van der Waals surface area contributed by atoms with Crippen molar-refractivity contribution in [3.05, 3.63) is 76.7 Å². The number of anilines is 1. The van der Waals surface area contributed by atoms with Crippen LogP contribution in [0.5, 0.6) is 5.75 Å². The van der Waals surface area contributed by atoms with E-state index in [0.29, 0.717) is 23.6 Å². The topological polar surface area (TPSA) is 90.7 Å². The number of hydrogen-bond acceptors (Lipinski definition) is 6. The molecule has 0 spiro atoms. The highest BCUT2D eigenvalue weighted by molar-refractivity contribution is 6.01. The van der Waals surface area contributed by atoms with Crippen molar-refractivity contribution >= 4 is 17.6 Å². The van der Waals surface area contributed by atoms with Gasteiger partial charge in [-0.2, -0.15) is 0 Å². The SMILES string of the molecule is COC(=O)c1ccccc1NC(=O)Cc1ccc(OCc2c(C)noc2C)cc1. The van der Waals surface area contributed by atoms with Gasteiger partial charge in [0.05, 0.1) is 36.0 Å². The minimum Gasteiger partial charge on any atom is -0.489 e. The number of rotatable bonds is 7. The Balaban J connectivity index is 1.59. The lowest BCUT2D eigenvalue weighted by Crippen LogP contribution is -2.17. The van der Waals surface area contributed by atoms with Crippen LogP contribution >= 0.6 is 0 Å². The van der Waals surface area contributed by atoms with Crippen molar-refractivity contribution in [2.75, 3.05) is 12.4 Å². The van der Waals surface area contributed by atoms with Crippen LogP contribution in [-0.2, 0) is 22.6 Å². The Labute approximate surface area is 168 Å². The lowest BCUT2D eigenvalue weighted by atomic mass is 10.1. The number of ether oxygens (including phenoxy) is 2. The molecule has 0 unspecified atom stereocenters. The molecule has 7 heteroatoms. The molecule has 0 aliphatic rings. The van der Waals surface area contributed by atoms with E-state index in [1.54, 1.807) is 24.3 Å². The number of nitrogens with zero attached hydrogens (tertiary/aromatic N) is 1. The summed E-state index contributed by atoms with van der Waals surface area (Å²) in [4.78, 5) is 24.2. The molecule has 150 valence electrons. The molecule has 0 fully saturated rings. The van der Waals surface area contributed by atoms with Gasteiger partial charge in [-0.25, -0.2) is 4.79 Å². The summed E-state index contributed by atoms with van der Waals surface area (Å²) >= 11 is 0. The molecular weight excluding hydrogens is 372 g/mol. The number of hydrogen-bond donors (Lipinski definition) is 1. The van der Waals surface area contributed by atoms with Crippen LogP contribution < -0.4 is 10.1 Å². The highest BCUT2D eigenvalue weighted by atomic mass is 16.5. The highest BCUT2D eigenvalue weighted by Crippen LogP contribution is 2.19. The molecule has 1 N–H and O–H groups in total. The number of aryl methyl sites for hydroxylation is 2. The smallest absolute Gasteiger partial charge is 0.339 e. The quantitative estimate of drug-likeness (QED) is 0.613. The van der Waals surface area contributed by atoms with Crippen molar-refractivity contribution in [3.63, 3.8) is 0 Å². The van der Waals surface area contributed by atoms with Gasteiger partial charge < -0.3 is 19.3 Å². The summed E-state index contributed by atoms with van der Waals surface area (Å²) < 4.78 is 15.6. The maximum Gasteiger partial charge on any atom is 0.339 e. The van der Waals surface area contributed by atoms with Gasteiger partial charge in [-0.15, -0.1) is 0 Å². The molecule has 3 aromatic rings. The van der Waals surface area contributed by atoms with Crippen LogP contribution in [-0.4, -0.2) is 24.1 Å². The van der Waals surface area contributed by atoms with Gasteiger partial charge in [-0.3, -0.25) is 4.79 Å². The summed E-state index contributed by atoms with van der Waals surface area (Å²) in [7, 11) is 1.30. The highest BCUT2D eigenvalue weighted by Gasteiger charge is 2.14. The minimum absolute atomic E-state index is 0.166. The second-order valence-corrected chi connectivity index (χ2v) is 6.50. The predicted octanol–water partition coefficient (Wildman–Crippen LogP) is 3.84. The molecule has 0 aliphatic heterocycles. The zero-order chi connectivity index (χ0) is 20.8. The molecule has 29 heavy (non-hydrogen) atoms. The summed E-state index contributed by atoms with van der Waals surface area (Å²) in [6.07, 6.45) is 0.166. The Morgan fingerprint density at radius 1 is 1.07 bits per heavy atom. The normalized spacial score (nSPS) is 10.4. The van der Waals surface area contributed by atoms with Gasteiger partial charge in [0.25, 0.3) is 0 Å². The number of carbonyl (C=O) groups excluding carboxylic acids is 2. The number of amides is 1. The third kappa shape index (κ3) is 5.01. The van der Waals surface area contributed by atoms with Gasteiger partial charge in [-0.1, -0.05) is 29.4 Å². The number of para-hydroxylation sites is 1. The van der Waals surface area contributed by atoms with Crippen molar-refractivity contribution in [2.24, 2.45) is 0 Å². The Morgan fingerprint density at radius 3 is 2.45 bits per heavy atom. The van der Waals surface area contributed by atoms with Gasteiger partial charge in [0.1, 0.15) is 18.1 Å². The third-order valence-electron chi connectivity index (χ3n) is 4.46. The van der Waals surface area contributed by atoms with E-state index in [1.807, 2.05) is 38.1 Å². The molecule has 0 radical (unpaired) electrons. The Bertz CT molecular complexity index is 989. The zero-order valence-corrected chi connectivity index (χ0v) is 16.5. The van der Waals surface area contributed by atoms with Crippen LogP contribution in [0.1, 0.15) is 32.9 Å². The zero-order valence-electron chi connectivity index (χ0n) is 16.5.